The molecule has 1 heterocycles. The van der Waals surface area contributed by atoms with Gasteiger partial charge in [-0.05, 0) is 44.2 Å². The molecular weight excluding hydrogens is 455 g/mol. The number of ether oxygens (including phenoxy) is 1. The van der Waals surface area contributed by atoms with Gasteiger partial charge in [0.1, 0.15) is 0 Å². The topological polar surface area (TPSA) is 66.0 Å². The summed E-state index contributed by atoms with van der Waals surface area (Å²) in [6, 6.07) is 8.17. The number of para-hydroxylation sites is 1. The van der Waals surface area contributed by atoms with Crippen LogP contribution >= 0.6 is 24.0 Å². The van der Waals surface area contributed by atoms with Crippen molar-refractivity contribution in [3.8, 4) is 0 Å². The van der Waals surface area contributed by atoms with E-state index in [4.69, 9.17) is 4.74 Å². The Labute approximate surface area is 180 Å². The second-order valence-corrected chi connectivity index (χ2v) is 6.36. The summed E-state index contributed by atoms with van der Waals surface area (Å²) < 4.78 is 5.32. The minimum Gasteiger partial charge on any atom is -0.382 e. The number of nitrogens with zero attached hydrogens (tertiary/aromatic N) is 2. The van der Waals surface area contributed by atoms with Crippen LogP contribution in [0.5, 0.6) is 0 Å². The molecule has 1 aromatic carbocycles. The average Bonchev–Trinajstić information content (AvgIpc) is 3.10. The zero-order valence-corrected chi connectivity index (χ0v) is 18.8. The van der Waals surface area contributed by atoms with Crippen molar-refractivity contribution in [1.82, 2.24) is 10.6 Å². The summed E-state index contributed by atoms with van der Waals surface area (Å²) in [5.41, 5.74) is 2.35. The van der Waals surface area contributed by atoms with Crippen LogP contribution in [0.15, 0.2) is 29.3 Å². The van der Waals surface area contributed by atoms with Crippen LogP contribution in [0.3, 0.4) is 0 Å². The zero-order valence-electron chi connectivity index (χ0n) is 16.5. The maximum absolute atomic E-state index is 12.5. The summed E-state index contributed by atoms with van der Waals surface area (Å²) >= 11 is 0. The van der Waals surface area contributed by atoms with Crippen LogP contribution in [-0.2, 0) is 16.0 Å². The number of guanidine groups is 1. The lowest BCUT2D eigenvalue weighted by molar-refractivity contribution is -0.118. The fourth-order valence-electron chi connectivity index (χ4n) is 3.08. The fourth-order valence-corrected chi connectivity index (χ4v) is 3.08. The lowest BCUT2D eigenvalue weighted by Gasteiger charge is -2.17. The molecule has 2 rings (SSSR count). The first-order chi connectivity index (χ1) is 12.8. The molecule has 0 atom stereocenters. The number of anilines is 1. The van der Waals surface area contributed by atoms with Gasteiger partial charge in [0.2, 0.25) is 5.91 Å². The molecule has 0 radical (unpaired) electrons. The molecule has 0 bridgehead atoms. The van der Waals surface area contributed by atoms with E-state index in [0.717, 1.165) is 70.2 Å². The van der Waals surface area contributed by atoms with E-state index in [9.17, 15) is 4.79 Å². The molecule has 0 unspecified atom stereocenters. The fraction of sp³-hybridized carbons (Fsp3) is 0.600. The van der Waals surface area contributed by atoms with Gasteiger partial charge in [-0.15, -0.1) is 24.0 Å². The molecule has 0 fully saturated rings. The predicted molar refractivity (Wildman–Crippen MR) is 122 cm³/mol. The number of amides is 1. The van der Waals surface area contributed by atoms with E-state index in [1.54, 1.807) is 7.05 Å². The van der Waals surface area contributed by atoms with Crippen molar-refractivity contribution >= 4 is 41.5 Å². The number of unbranched alkanes of at least 4 members (excludes halogenated alkanes) is 1. The Morgan fingerprint density at radius 1 is 1.19 bits per heavy atom. The quantitative estimate of drug-likeness (QED) is 0.230. The average molecular weight is 488 g/mol. The van der Waals surface area contributed by atoms with Crippen LogP contribution < -0.4 is 15.5 Å². The number of carbonyl (C=O) groups is 1. The van der Waals surface area contributed by atoms with Crippen molar-refractivity contribution in [1.29, 1.82) is 0 Å². The molecule has 152 valence electrons. The SMILES string of the molecule is CCOCCCCNC(=NC)NCCCC(=O)N1CCc2ccccc21.I. The minimum absolute atomic E-state index is 0. The third-order valence-corrected chi connectivity index (χ3v) is 4.48. The molecular formula is C20H33IN4O2. The van der Waals surface area contributed by atoms with Crippen LogP contribution in [0.4, 0.5) is 5.69 Å². The first-order valence-electron chi connectivity index (χ1n) is 9.66. The third-order valence-electron chi connectivity index (χ3n) is 4.48. The molecule has 0 aliphatic carbocycles. The number of benzene rings is 1. The highest BCUT2D eigenvalue weighted by Gasteiger charge is 2.23. The van der Waals surface area contributed by atoms with Crippen LogP contribution in [0.2, 0.25) is 0 Å². The predicted octanol–water partition coefficient (Wildman–Crippen LogP) is 2.96. The number of aliphatic imine (C=N–C) groups is 1. The summed E-state index contributed by atoms with van der Waals surface area (Å²) in [5.74, 6) is 0.996. The number of rotatable bonds is 10. The Kier molecular flexibility index (Phi) is 12.1. The Morgan fingerprint density at radius 2 is 1.93 bits per heavy atom. The summed E-state index contributed by atoms with van der Waals surface area (Å²) in [6.07, 6.45) is 4.40. The van der Waals surface area contributed by atoms with Gasteiger partial charge < -0.3 is 20.3 Å². The smallest absolute Gasteiger partial charge is 0.227 e. The molecule has 1 aliphatic rings. The number of nitrogens with one attached hydrogen (secondary N) is 2. The molecule has 1 aromatic rings. The van der Waals surface area contributed by atoms with E-state index < -0.39 is 0 Å². The van der Waals surface area contributed by atoms with Crippen LogP contribution in [-0.4, -0.2) is 51.8 Å². The molecule has 7 heteroatoms. The van der Waals surface area contributed by atoms with Crippen molar-refractivity contribution in [2.75, 3.05) is 44.8 Å². The number of fused-ring (bicyclic) bond motifs is 1. The molecule has 2 N–H and O–H groups in total. The lowest BCUT2D eigenvalue weighted by atomic mass is 10.2. The monoisotopic (exact) mass is 488 g/mol. The van der Waals surface area contributed by atoms with Gasteiger partial charge in [-0.25, -0.2) is 0 Å². The maximum atomic E-state index is 12.5. The van der Waals surface area contributed by atoms with E-state index in [1.807, 2.05) is 30.0 Å². The van der Waals surface area contributed by atoms with Gasteiger partial charge in [0.25, 0.3) is 0 Å². The highest BCUT2D eigenvalue weighted by molar-refractivity contribution is 14.0. The maximum Gasteiger partial charge on any atom is 0.227 e. The molecule has 27 heavy (non-hydrogen) atoms. The normalized spacial score (nSPS) is 13.1. The Balaban J connectivity index is 0.00000364. The van der Waals surface area contributed by atoms with E-state index in [1.165, 1.54) is 5.56 Å². The largest absolute Gasteiger partial charge is 0.382 e. The standard InChI is InChI=1S/C20H32N4O2.HI/c1-3-26-16-7-6-13-22-20(21-2)23-14-8-11-19(25)24-15-12-17-9-4-5-10-18(17)24;/h4-5,9-10H,3,6-8,11-16H2,1-2H3,(H2,21,22,23);1H. The molecule has 0 spiro atoms. The number of halogens is 1. The molecule has 1 aliphatic heterocycles. The van der Waals surface area contributed by atoms with Crippen molar-refractivity contribution in [2.24, 2.45) is 4.99 Å². The first kappa shape index (κ1) is 23.7. The van der Waals surface area contributed by atoms with Crippen LogP contribution in [0.1, 0.15) is 38.2 Å². The van der Waals surface area contributed by atoms with Gasteiger partial charge in [-0.3, -0.25) is 9.79 Å². The van der Waals surface area contributed by atoms with E-state index >= 15 is 0 Å². The van der Waals surface area contributed by atoms with E-state index in [-0.39, 0.29) is 29.9 Å². The van der Waals surface area contributed by atoms with Crippen molar-refractivity contribution in [3.05, 3.63) is 29.8 Å². The van der Waals surface area contributed by atoms with Gasteiger partial charge in [0.15, 0.2) is 5.96 Å². The summed E-state index contributed by atoms with van der Waals surface area (Å²) in [4.78, 5) is 18.6. The highest BCUT2D eigenvalue weighted by Crippen LogP contribution is 2.27. The molecule has 0 saturated carbocycles. The zero-order chi connectivity index (χ0) is 18.6. The van der Waals surface area contributed by atoms with Crippen LogP contribution in [0.25, 0.3) is 0 Å². The van der Waals surface area contributed by atoms with Gasteiger partial charge in [-0.2, -0.15) is 0 Å². The Hall–Kier alpha value is -1.35. The third kappa shape index (κ3) is 8.04. The summed E-state index contributed by atoms with van der Waals surface area (Å²) in [5, 5.41) is 6.56. The summed E-state index contributed by atoms with van der Waals surface area (Å²) in [7, 11) is 1.77. The summed E-state index contributed by atoms with van der Waals surface area (Å²) in [6.45, 7) is 6.01. The van der Waals surface area contributed by atoms with Gasteiger partial charge >= 0.3 is 0 Å². The minimum atomic E-state index is 0. The van der Waals surface area contributed by atoms with Crippen LogP contribution in [0, 0.1) is 0 Å². The lowest BCUT2D eigenvalue weighted by Crippen LogP contribution is -2.38. The number of hydrogen-bond acceptors (Lipinski definition) is 3. The molecule has 0 saturated heterocycles. The van der Waals surface area contributed by atoms with Gasteiger partial charge in [-0.1, -0.05) is 18.2 Å². The van der Waals surface area contributed by atoms with Crippen molar-refractivity contribution in [2.45, 2.75) is 39.0 Å². The van der Waals surface area contributed by atoms with Gasteiger partial charge in [0, 0.05) is 52.0 Å². The number of carbonyl (C=O) groups excluding carboxylic acids is 1. The Bertz CT molecular complexity index is 595. The second-order valence-electron chi connectivity index (χ2n) is 6.36. The van der Waals surface area contributed by atoms with E-state index in [0.29, 0.717) is 6.42 Å². The van der Waals surface area contributed by atoms with Gasteiger partial charge in [0.05, 0.1) is 0 Å². The first-order valence-corrected chi connectivity index (χ1v) is 9.66. The second kappa shape index (κ2) is 13.8. The highest BCUT2D eigenvalue weighted by atomic mass is 127. The molecule has 1 amide bonds. The van der Waals surface area contributed by atoms with Crippen molar-refractivity contribution < 1.29 is 9.53 Å². The molecule has 6 nitrogen and oxygen atoms in total. The molecule has 0 aromatic heterocycles. The van der Waals surface area contributed by atoms with Crippen molar-refractivity contribution in [3.63, 3.8) is 0 Å². The number of hydrogen-bond donors (Lipinski definition) is 2. The van der Waals surface area contributed by atoms with E-state index in [2.05, 4.69) is 21.7 Å². The Morgan fingerprint density at radius 3 is 2.67 bits per heavy atom.